The molecule has 0 fully saturated rings. The van der Waals surface area contributed by atoms with Crippen LogP contribution in [0, 0.1) is 6.92 Å². The molecule has 0 aliphatic carbocycles. The third-order valence-electron chi connectivity index (χ3n) is 3.41. The number of aromatic nitrogens is 1. The van der Waals surface area contributed by atoms with Crippen molar-refractivity contribution in [3.05, 3.63) is 50.8 Å². The predicted octanol–water partition coefficient (Wildman–Crippen LogP) is 3.55. The molecule has 0 saturated heterocycles. The molecule has 9 heteroatoms. The number of rotatable bonds is 4. The Morgan fingerprint density at radius 1 is 1.08 bits per heavy atom. The summed E-state index contributed by atoms with van der Waals surface area (Å²) in [5.74, 6) is -4.02. The van der Waals surface area contributed by atoms with E-state index in [4.69, 9.17) is 23.2 Å². The fraction of sp³-hybridized carbons (Fsp3) is 0.125. The van der Waals surface area contributed by atoms with Crippen LogP contribution in [0.15, 0.2) is 18.2 Å². The van der Waals surface area contributed by atoms with Gasteiger partial charge in [0.15, 0.2) is 5.69 Å². The van der Waals surface area contributed by atoms with Crippen LogP contribution >= 0.6 is 23.2 Å². The number of nitrogens with zero attached hydrogens (tertiary/aromatic N) is 1. The third kappa shape index (κ3) is 3.29. The van der Waals surface area contributed by atoms with Crippen LogP contribution in [-0.2, 0) is 4.74 Å². The van der Waals surface area contributed by atoms with Crippen LogP contribution in [0.5, 0.6) is 0 Å². The van der Waals surface area contributed by atoms with Crippen LogP contribution in [0.3, 0.4) is 0 Å². The summed E-state index contributed by atoms with van der Waals surface area (Å²) in [5.41, 5.74) is -1.74. The van der Waals surface area contributed by atoms with Crippen molar-refractivity contribution < 1.29 is 29.3 Å². The van der Waals surface area contributed by atoms with Gasteiger partial charge in [-0.15, -0.1) is 0 Å². The Balaban J connectivity index is 3.10. The molecule has 0 amide bonds. The molecule has 25 heavy (non-hydrogen) atoms. The number of methoxy groups -OCH3 is 1. The van der Waals surface area contributed by atoms with Crippen LogP contribution in [0.2, 0.25) is 10.0 Å². The number of esters is 1. The van der Waals surface area contributed by atoms with E-state index in [0.29, 0.717) is 0 Å². The van der Waals surface area contributed by atoms with Gasteiger partial charge in [-0.25, -0.2) is 19.4 Å². The van der Waals surface area contributed by atoms with E-state index < -0.39 is 29.2 Å². The van der Waals surface area contributed by atoms with Gasteiger partial charge in [-0.2, -0.15) is 0 Å². The summed E-state index contributed by atoms with van der Waals surface area (Å²) in [6.07, 6.45) is 0. The molecule has 0 radical (unpaired) electrons. The Kier molecular flexibility index (Phi) is 5.30. The largest absolute Gasteiger partial charge is 0.478 e. The van der Waals surface area contributed by atoms with Crippen molar-refractivity contribution in [1.29, 1.82) is 0 Å². The lowest BCUT2D eigenvalue weighted by molar-refractivity contribution is 0.0596. The molecule has 0 bridgehead atoms. The zero-order chi connectivity index (χ0) is 18.9. The Morgan fingerprint density at radius 2 is 1.72 bits per heavy atom. The van der Waals surface area contributed by atoms with Gasteiger partial charge in [0.25, 0.3) is 0 Å². The Morgan fingerprint density at radius 3 is 2.24 bits per heavy atom. The summed E-state index contributed by atoms with van der Waals surface area (Å²) in [6.45, 7) is 1.37. The number of carbonyl (C=O) groups is 3. The summed E-state index contributed by atoms with van der Waals surface area (Å²) < 4.78 is 4.69. The summed E-state index contributed by atoms with van der Waals surface area (Å²) >= 11 is 12.1. The number of hydrogen-bond donors (Lipinski definition) is 2. The van der Waals surface area contributed by atoms with Crippen molar-refractivity contribution in [2.24, 2.45) is 0 Å². The van der Waals surface area contributed by atoms with Crippen LogP contribution < -0.4 is 0 Å². The highest BCUT2D eigenvalue weighted by molar-refractivity contribution is 6.44. The average Bonchev–Trinajstić information content (AvgIpc) is 2.55. The number of carboxylic acid groups (broad SMARTS) is 2. The topological polar surface area (TPSA) is 114 Å². The van der Waals surface area contributed by atoms with E-state index in [0.717, 1.165) is 7.11 Å². The van der Waals surface area contributed by atoms with Gasteiger partial charge in [0.1, 0.15) is 5.56 Å². The van der Waals surface area contributed by atoms with E-state index in [1.165, 1.54) is 25.1 Å². The Labute approximate surface area is 151 Å². The van der Waals surface area contributed by atoms with E-state index in [-0.39, 0.29) is 32.4 Å². The highest BCUT2D eigenvalue weighted by atomic mass is 35.5. The molecule has 0 aliphatic rings. The van der Waals surface area contributed by atoms with Gasteiger partial charge in [-0.3, -0.25) is 0 Å². The quantitative estimate of drug-likeness (QED) is 0.775. The first kappa shape index (κ1) is 18.7. The number of carbonyl (C=O) groups excluding carboxylic acids is 1. The number of carboxylic acids is 2. The van der Waals surface area contributed by atoms with Crippen molar-refractivity contribution in [3.63, 3.8) is 0 Å². The van der Waals surface area contributed by atoms with Gasteiger partial charge in [0.05, 0.1) is 28.4 Å². The highest BCUT2D eigenvalue weighted by Gasteiger charge is 2.31. The maximum atomic E-state index is 12.2. The maximum absolute atomic E-state index is 12.2. The minimum atomic E-state index is -1.58. The Hall–Kier alpha value is -2.64. The maximum Gasteiger partial charge on any atom is 0.355 e. The van der Waals surface area contributed by atoms with E-state index in [9.17, 15) is 24.6 Å². The van der Waals surface area contributed by atoms with Gasteiger partial charge in [0.2, 0.25) is 0 Å². The van der Waals surface area contributed by atoms with E-state index >= 15 is 0 Å². The van der Waals surface area contributed by atoms with Crippen molar-refractivity contribution in [3.8, 4) is 11.1 Å². The highest BCUT2D eigenvalue weighted by Crippen LogP contribution is 2.39. The lowest BCUT2D eigenvalue weighted by Gasteiger charge is -2.17. The first-order valence-electron chi connectivity index (χ1n) is 6.74. The summed E-state index contributed by atoms with van der Waals surface area (Å²) in [5, 5.41) is 19.0. The lowest BCUT2D eigenvalue weighted by atomic mass is 9.92. The van der Waals surface area contributed by atoms with Crippen molar-refractivity contribution >= 4 is 41.1 Å². The average molecular weight is 384 g/mol. The third-order valence-corrected chi connectivity index (χ3v) is 4.22. The summed E-state index contributed by atoms with van der Waals surface area (Å²) in [6, 6.07) is 4.39. The minimum Gasteiger partial charge on any atom is -0.478 e. The summed E-state index contributed by atoms with van der Waals surface area (Å²) in [4.78, 5) is 39.2. The van der Waals surface area contributed by atoms with Gasteiger partial charge in [-0.05, 0) is 13.0 Å². The molecule has 1 aromatic carbocycles. The molecular weight excluding hydrogens is 373 g/mol. The molecule has 0 spiro atoms. The molecule has 7 nitrogen and oxygen atoms in total. The lowest BCUT2D eigenvalue weighted by Crippen LogP contribution is -2.19. The zero-order valence-electron chi connectivity index (χ0n) is 13.0. The van der Waals surface area contributed by atoms with Crippen molar-refractivity contribution in [2.75, 3.05) is 7.11 Å². The smallest absolute Gasteiger partial charge is 0.355 e. The fourth-order valence-corrected chi connectivity index (χ4v) is 2.78. The first-order valence-corrected chi connectivity index (χ1v) is 7.50. The second kappa shape index (κ2) is 7.08. The SMILES string of the molecule is COC(=O)c1c(C)nc(C(=O)O)c(C(=O)O)c1-c1cccc(Cl)c1Cl. The molecule has 2 rings (SSSR count). The normalized spacial score (nSPS) is 10.4. The van der Waals surface area contributed by atoms with E-state index in [1.807, 2.05) is 0 Å². The predicted molar refractivity (Wildman–Crippen MR) is 89.7 cm³/mol. The van der Waals surface area contributed by atoms with E-state index in [1.54, 1.807) is 0 Å². The monoisotopic (exact) mass is 383 g/mol. The first-order chi connectivity index (χ1) is 11.7. The number of pyridine rings is 1. The van der Waals surface area contributed by atoms with Gasteiger partial charge in [-0.1, -0.05) is 35.3 Å². The fourth-order valence-electron chi connectivity index (χ4n) is 2.38. The van der Waals surface area contributed by atoms with Crippen molar-refractivity contribution in [1.82, 2.24) is 4.98 Å². The molecule has 1 aromatic heterocycles. The van der Waals surface area contributed by atoms with Gasteiger partial charge in [0, 0.05) is 11.1 Å². The number of halogens is 2. The zero-order valence-corrected chi connectivity index (χ0v) is 14.5. The van der Waals surface area contributed by atoms with Crippen LogP contribution in [0.25, 0.3) is 11.1 Å². The standard InChI is InChI=1S/C16H11Cl2NO6/c1-6-9(16(24)25-2)10(7-4-3-5-8(17)12(7)18)11(14(20)21)13(19-6)15(22)23/h3-5H,1-2H3,(H,20,21)(H,22,23). The van der Waals surface area contributed by atoms with Crippen LogP contribution in [0.1, 0.15) is 36.9 Å². The number of aryl methyl sites for hydroxylation is 1. The number of hydrogen-bond acceptors (Lipinski definition) is 5. The Bertz CT molecular complexity index is 910. The second-order valence-corrected chi connectivity index (χ2v) is 5.66. The number of benzene rings is 1. The molecule has 0 saturated carbocycles. The second-order valence-electron chi connectivity index (χ2n) is 4.87. The minimum absolute atomic E-state index is 0.0136. The molecule has 0 aliphatic heterocycles. The van der Waals surface area contributed by atoms with Crippen molar-refractivity contribution in [2.45, 2.75) is 6.92 Å². The van der Waals surface area contributed by atoms with Gasteiger partial charge < -0.3 is 14.9 Å². The molecule has 130 valence electrons. The molecule has 0 unspecified atom stereocenters. The molecule has 0 atom stereocenters. The molecule has 1 heterocycles. The van der Waals surface area contributed by atoms with Crippen LogP contribution in [-0.4, -0.2) is 40.2 Å². The molecular formula is C16H11Cl2NO6. The van der Waals surface area contributed by atoms with E-state index in [2.05, 4.69) is 9.72 Å². The molecule has 2 aromatic rings. The number of aromatic carboxylic acids is 2. The number of ether oxygens (including phenoxy) is 1. The van der Waals surface area contributed by atoms with Gasteiger partial charge >= 0.3 is 17.9 Å². The van der Waals surface area contributed by atoms with Crippen LogP contribution in [0.4, 0.5) is 0 Å². The molecule has 2 N–H and O–H groups in total. The summed E-state index contributed by atoms with van der Waals surface area (Å²) in [7, 11) is 1.11.